The molecule has 19 heavy (non-hydrogen) atoms. The summed E-state index contributed by atoms with van der Waals surface area (Å²) in [7, 11) is 2.05. The van der Waals surface area contributed by atoms with Gasteiger partial charge in [-0.05, 0) is 56.1 Å². The highest BCUT2D eigenvalue weighted by molar-refractivity contribution is 7.15. The zero-order valence-electron chi connectivity index (χ0n) is 12.3. The van der Waals surface area contributed by atoms with E-state index in [0.717, 1.165) is 0 Å². The zero-order valence-corrected chi connectivity index (χ0v) is 13.1. The van der Waals surface area contributed by atoms with Crippen molar-refractivity contribution in [2.45, 2.75) is 39.7 Å². The molecule has 1 unspecified atom stereocenters. The summed E-state index contributed by atoms with van der Waals surface area (Å²) in [6, 6.07) is 11.8. The van der Waals surface area contributed by atoms with E-state index in [9.17, 15) is 0 Å². The Morgan fingerprint density at radius 3 is 2.53 bits per heavy atom. The van der Waals surface area contributed by atoms with Crippen LogP contribution in [-0.2, 0) is 0 Å². The van der Waals surface area contributed by atoms with E-state index in [4.69, 9.17) is 0 Å². The number of benzene rings is 1. The molecule has 2 aromatic rings. The fourth-order valence-electron chi connectivity index (χ4n) is 2.31. The summed E-state index contributed by atoms with van der Waals surface area (Å²) in [6.45, 7) is 6.58. The van der Waals surface area contributed by atoms with E-state index in [0.29, 0.717) is 6.04 Å². The van der Waals surface area contributed by atoms with Gasteiger partial charge in [0.15, 0.2) is 0 Å². The Labute approximate surface area is 120 Å². The van der Waals surface area contributed by atoms with Crippen molar-refractivity contribution in [3.63, 3.8) is 0 Å². The van der Waals surface area contributed by atoms with Crippen LogP contribution in [0.3, 0.4) is 0 Å². The van der Waals surface area contributed by atoms with Crippen molar-refractivity contribution in [3.05, 3.63) is 46.3 Å². The second-order valence-electron chi connectivity index (χ2n) is 5.13. The molecule has 1 N–H and O–H groups in total. The summed E-state index contributed by atoms with van der Waals surface area (Å²) in [5, 5.41) is 3.41. The van der Waals surface area contributed by atoms with E-state index in [-0.39, 0.29) is 0 Å². The lowest BCUT2D eigenvalue weighted by molar-refractivity contribution is 0.550. The minimum atomic E-state index is 0.496. The van der Waals surface area contributed by atoms with E-state index in [1.54, 1.807) is 0 Å². The molecule has 2 heteroatoms. The van der Waals surface area contributed by atoms with Crippen LogP contribution in [0, 0.1) is 13.8 Å². The fourth-order valence-corrected chi connectivity index (χ4v) is 3.46. The summed E-state index contributed by atoms with van der Waals surface area (Å²) in [4.78, 5) is 2.81. The lowest BCUT2D eigenvalue weighted by atomic mass is 10.1. The van der Waals surface area contributed by atoms with Gasteiger partial charge in [0.25, 0.3) is 0 Å². The van der Waals surface area contributed by atoms with Gasteiger partial charge in [0.05, 0.1) is 0 Å². The van der Waals surface area contributed by atoms with Gasteiger partial charge >= 0.3 is 0 Å². The number of hydrogen-bond acceptors (Lipinski definition) is 2. The molecule has 0 spiro atoms. The number of nitrogens with one attached hydrogen (secondary N) is 1. The molecule has 1 atom stereocenters. The molecule has 2 rings (SSSR count). The molecular formula is C17H23NS. The Balaban J connectivity index is 2.27. The highest BCUT2D eigenvalue weighted by Crippen LogP contribution is 2.33. The average molecular weight is 273 g/mol. The maximum absolute atomic E-state index is 3.41. The Kier molecular flexibility index (Phi) is 4.78. The summed E-state index contributed by atoms with van der Waals surface area (Å²) < 4.78 is 0. The topological polar surface area (TPSA) is 12.0 Å². The second kappa shape index (κ2) is 6.36. The largest absolute Gasteiger partial charge is 0.312 e. The summed E-state index contributed by atoms with van der Waals surface area (Å²) in [6.07, 6.45) is 2.41. The molecule has 0 radical (unpaired) electrons. The van der Waals surface area contributed by atoms with Gasteiger partial charge in [-0.2, -0.15) is 0 Å². The highest BCUT2D eigenvalue weighted by Gasteiger charge is 2.11. The number of thiophene rings is 1. The molecule has 1 aromatic heterocycles. The van der Waals surface area contributed by atoms with Crippen molar-refractivity contribution >= 4 is 11.3 Å². The van der Waals surface area contributed by atoms with Crippen molar-refractivity contribution in [3.8, 4) is 10.4 Å². The van der Waals surface area contributed by atoms with E-state index in [2.05, 4.69) is 63.5 Å². The maximum Gasteiger partial charge on any atom is 0.0412 e. The minimum Gasteiger partial charge on any atom is -0.312 e. The van der Waals surface area contributed by atoms with E-state index in [1.165, 1.54) is 39.3 Å². The third-order valence-corrected chi connectivity index (χ3v) is 4.94. The Morgan fingerprint density at radius 1 is 1.11 bits per heavy atom. The molecule has 1 nitrogen and oxygen atoms in total. The van der Waals surface area contributed by atoms with Crippen LogP contribution in [0.1, 0.15) is 41.8 Å². The Morgan fingerprint density at radius 2 is 1.89 bits per heavy atom. The van der Waals surface area contributed by atoms with E-state index >= 15 is 0 Å². The number of rotatable bonds is 5. The molecule has 0 saturated carbocycles. The maximum atomic E-state index is 3.41. The van der Waals surface area contributed by atoms with Gasteiger partial charge in [0.1, 0.15) is 0 Å². The van der Waals surface area contributed by atoms with E-state index < -0.39 is 0 Å². The Hall–Kier alpha value is -1.12. The monoisotopic (exact) mass is 273 g/mol. The zero-order chi connectivity index (χ0) is 13.8. The predicted octanol–water partition coefficient (Wildman–Crippen LogP) is 5.09. The first kappa shape index (κ1) is 14.3. The average Bonchev–Trinajstić information content (AvgIpc) is 2.88. The van der Waals surface area contributed by atoms with Crippen LogP contribution in [0.25, 0.3) is 10.4 Å². The standard InChI is InChI=1S/C17H23NS/c1-5-6-15(18-4)17-10-9-16(19-17)14-8-7-12(2)13(3)11-14/h7-11,15,18H,5-6H2,1-4H3. The van der Waals surface area contributed by atoms with Crippen LogP contribution in [0.15, 0.2) is 30.3 Å². The van der Waals surface area contributed by atoms with Crippen LogP contribution >= 0.6 is 11.3 Å². The van der Waals surface area contributed by atoms with Crippen LogP contribution in [0.4, 0.5) is 0 Å². The number of aryl methyl sites for hydroxylation is 2. The van der Waals surface area contributed by atoms with Crippen molar-refractivity contribution in [2.24, 2.45) is 0 Å². The molecule has 0 bridgehead atoms. The third kappa shape index (κ3) is 3.26. The minimum absolute atomic E-state index is 0.496. The van der Waals surface area contributed by atoms with Gasteiger partial charge in [-0.3, -0.25) is 0 Å². The second-order valence-corrected chi connectivity index (χ2v) is 6.25. The first-order valence-corrected chi connectivity index (χ1v) is 7.82. The molecule has 0 fully saturated rings. The summed E-state index contributed by atoms with van der Waals surface area (Å²) in [5.41, 5.74) is 4.07. The molecule has 1 heterocycles. The van der Waals surface area contributed by atoms with Gasteiger partial charge in [-0.25, -0.2) is 0 Å². The van der Waals surface area contributed by atoms with Crippen molar-refractivity contribution in [2.75, 3.05) is 7.05 Å². The molecule has 102 valence electrons. The van der Waals surface area contributed by atoms with Gasteiger partial charge < -0.3 is 5.32 Å². The summed E-state index contributed by atoms with van der Waals surface area (Å²) in [5.74, 6) is 0. The molecule has 0 amide bonds. The van der Waals surface area contributed by atoms with Crippen molar-refractivity contribution in [1.82, 2.24) is 5.32 Å². The molecule has 0 aliphatic carbocycles. The molecule has 0 aliphatic rings. The van der Waals surface area contributed by atoms with Crippen LogP contribution < -0.4 is 5.32 Å². The Bertz CT molecular complexity index is 542. The molecule has 0 saturated heterocycles. The first-order valence-electron chi connectivity index (χ1n) is 7.00. The van der Waals surface area contributed by atoms with Crippen molar-refractivity contribution in [1.29, 1.82) is 0 Å². The van der Waals surface area contributed by atoms with Crippen molar-refractivity contribution < 1.29 is 0 Å². The van der Waals surface area contributed by atoms with Crippen LogP contribution in [0.5, 0.6) is 0 Å². The quantitative estimate of drug-likeness (QED) is 0.800. The van der Waals surface area contributed by atoms with E-state index in [1.807, 2.05) is 11.3 Å². The first-order chi connectivity index (χ1) is 9.15. The van der Waals surface area contributed by atoms with Gasteiger partial charge in [0, 0.05) is 15.8 Å². The van der Waals surface area contributed by atoms with Crippen LogP contribution in [-0.4, -0.2) is 7.05 Å². The number of hydrogen-bond donors (Lipinski definition) is 1. The normalized spacial score (nSPS) is 12.6. The molecule has 1 aromatic carbocycles. The lowest BCUT2D eigenvalue weighted by Gasteiger charge is -2.12. The van der Waals surface area contributed by atoms with Gasteiger partial charge in [-0.15, -0.1) is 11.3 Å². The lowest BCUT2D eigenvalue weighted by Crippen LogP contribution is -2.14. The van der Waals surface area contributed by atoms with Crippen LogP contribution in [0.2, 0.25) is 0 Å². The van der Waals surface area contributed by atoms with Gasteiger partial charge in [-0.1, -0.05) is 31.5 Å². The fraction of sp³-hybridized carbons (Fsp3) is 0.412. The molecule has 0 aliphatic heterocycles. The molecular weight excluding hydrogens is 250 g/mol. The SMILES string of the molecule is CCCC(NC)c1ccc(-c2ccc(C)c(C)c2)s1. The highest BCUT2D eigenvalue weighted by atomic mass is 32.1. The van der Waals surface area contributed by atoms with Gasteiger partial charge in [0.2, 0.25) is 0 Å². The third-order valence-electron chi connectivity index (χ3n) is 3.69. The predicted molar refractivity (Wildman–Crippen MR) is 85.9 cm³/mol. The summed E-state index contributed by atoms with van der Waals surface area (Å²) >= 11 is 1.91. The smallest absolute Gasteiger partial charge is 0.0412 e.